The van der Waals surface area contributed by atoms with E-state index in [0.717, 1.165) is 16.9 Å². The number of amides is 1. The molecule has 1 aliphatic heterocycles. The Morgan fingerprint density at radius 2 is 2.04 bits per heavy atom. The number of anilines is 1. The summed E-state index contributed by atoms with van der Waals surface area (Å²) < 4.78 is 1.66. The number of carbonyl (C=O) groups is 1. The highest BCUT2D eigenvalue weighted by molar-refractivity contribution is 7.99. The Bertz CT molecular complexity index is 1010. The molecule has 27 heavy (non-hydrogen) atoms. The van der Waals surface area contributed by atoms with Gasteiger partial charge in [-0.1, -0.05) is 30.0 Å². The average Bonchev–Trinajstić information content (AvgIpc) is 3.33. The van der Waals surface area contributed by atoms with Crippen LogP contribution in [0, 0.1) is 10.1 Å². The van der Waals surface area contributed by atoms with Gasteiger partial charge in [0.05, 0.1) is 16.4 Å². The van der Waals surface area contributed by atoms with Crippen LogP contribution in [0.5, 0.6) is 0 Å². The van der Waals surface area contributed by atoms with Gasteiger partial charge in [0.15, 0.2) is 0 Å². The van der Waals surface area contributed by atoms with E-state index in [0.29, 0.717) is 18.1 Å². The lowest BCUT2D eigenvalue weighted by Crippen LogP contribution is -2.30. The number of non-ortho nitro benzene ring substituents is 1. The van der Waals surface area contributed by atoms with Crippen molar-refractivity contribution in [1.29, 1.82) is 0 Å². The second kappa shape index (κ2) is 7.20. The molecule has 0 fully saturated rings. The summed E-state index contributed by atoms with van der Waals surface area (Å²) in [7, 11) is 0. The van der Waals surface area contributed by atoms with E-state index in [9.17, 15) is 14.9 Å². The molecule has 8 nitrogen and oxygen atoms in total. The van der Waals surface area contributed by atoms with Crippen LogP contribution in [0.2, 0.25) is 0 Å². The minimum absolute atomic E-state index is 0.0491. The van der Waals surface area contributed by atoms with Gasteiger partial charge in [-0.3, -0.25) is 14.9 Å². The third-order valence-corrected chi connectivity index (χ3v) is 5.12. The molecule has 9 heteroatoms. The Morgan fingerprint density at radius 1 is 1.22 bits per heavy atom. The first kappa shape index (κ1) is 17.2. The lowest BCUT2D eigenvalue weighted by molar-refractivity contribution is -0.384. The summed E-state index contributed by atoms with van der Waals surface area (Å²) in [6.07, 6.45) is 2.24. The third kappa shape index (κ3) is 3.54. The molecule has 0 radical (unpaired) electrons. The third-order valence-electron chi connectivity index (χ3n) is 4.29. The smallest absolute Gasteiger partial charge is 0.269 e. The van der Waals surface area contributed by atoms with Gasteiger partial charge < -0.3 is 4.90 Å². The first-order valence-corrected chi connectivity index (χ1v) is 9.28. The van der Waals surface area contributed by atoms with E-state index >= 15 is 0 Å². The zero-order chi connectivity index (χ0) is 18.8. The van der Waals surface area contributed by atoms with Gasteiger partial charge >= 0.3 is 0 Å². The van der Waals surface area contributed by atoms with Gasteiger partial charge in [-0.05, 0) is 30.2 Å². The summed E-state index contributed by atoms with van der Waals surface area (Å²) >= 11 is 1.27. The number of hydrogen-bond donors (Lipinski definition) is 0. The quantitative estimate of drug-likeness (QED) is 0.383. The SMILES string of the molecule is O=C(CSc1ncn(-c2ccccc2)n1)N1CCc2cc([N+](=O)[O-])ccc21. The Balaban J connectivity index is 1.41. The zero-order valence-corrected chi connectivity index (χ0v) is 15.0. The molecular weight excluding hydrogens is 366 g/mol. The van der Waals surface area contributed by atoms with E-state index in [-0.39, 0.29) is 17.3 Å². The summed E-state index contributed by atoms with van der Waals surface area (Å²) in [5.74, 6) is 0.138. The highest BCUT2D eigenvalue weighted by Gasteiger charge is 2.26. The topological polar surface area (TPSA) is 94.2 Å². The second-order valence-electron chi connectivity index (χ2n) is 5.96. The standard InChI is InChI=1S/C18H15N5O3S/c24-17(21-9-8-13-10-15(23(25)26)6-7-16(13)21)11-27-18-19-12-22(20-18)14-4-2-1-3-5-14/h1-7,10,12H,8-9,11H2. The average molecular weight is 381 g/mol. The monoisotopic (exact) mass is 381 g/mol. The van der Waals surface area contributed by atoms with Gasteiger partial charge in [0, 0.05) is 24.4 Å². The van der Waals surface area contributed by atoms with Crippen LogP contribution in [0.4, 0.5) is 11.4 Å². The van der Waals surface area contributed by atoms with E-state index in [2.05, 4.69) is 10.1 Å². The summed E-state index contributed by atoms with van der Waals surface area (Å²) in [6.45, 7) is 0.530. The molecule has 0 N–H and O–H groups in total. The number of fused-ring (bicyclic) bond motifs is 1. The highest BCUT2D eigenvalue weighted by Crippen LogP contribution is 2.32. The van der Waals surface area contributed by atoms with Crippen LogP contribution in [0.3, 0.4) is 0 Å². The summed E-state index contributed by atoms with van der Waals surface area (Å²) in [5.41, 5.74) is 2.52. The van der Waals surface area contributed by atoms with Crippen molar-refractivity contribution in [2.75, 3.05) is 17.2 Å². The van der Waals surface area contributed by atoms with Gasteiger partial charge in [0.25, 0.3) is 5.69 Å². The number of benzene rings is 2. The molecule has 2 heterocycles. The molecule has 1 amide bonds. The number of para-hydroxylation sites is 1. The van der Waals surface area contributed by atoms with Crippen molar-refractivity contribution in [2.45, 2.75) is 11.6 Å². The first-order chi connectivity index (χ1) is 13.1. The minimum atomic E-state index is -0.421. The fourth-order valence-corrected chi connectivity index (χ4v) is 3.66. The van der Waals surface area contributed by atoms with E-state index in [1.54, 1.807) is 28.0 Å². The van der Waals surface area contributed by atoms with Crippen molar-refractivity contribution >= 4 is 29.0 Å². The van der Waals surface area contributed by atoms with Crippen LogP contribution in [-0.4, -0.2) is 37.9 Å². The molecule has 4 rings (SSSR count). The molecule has 0 atom stereocenters. The van der Waals surface area contributed by atoms with E-state index in [1.165, 1.54) is 17.8 Å². The zero-order valence-electron chi connectivity index (χ0n) is 14.2. The van der Waals surface area contributed by atoms with Crippen molar-refractivity contribution < 1.29 is 9.72 Å². The number of thioether (sulfide) groups is 1. The van der Waals surface area contributed by atoms with Gasteiger partial charge in [-0.2, -0.15) is 0 Å². The number of carbonyl (C=O) groups excluding carboxylic acids is 1. The Morgan fingerprint density at radius 3 is 2.81 bits per heavy atom. The first-order valence-electron chi connectivity index (χ1n) is 8.29. The van der Waals surface area contributed by atoms with Crippen LogP contribution in [0.15, 0.2) is 60.0 Å². The molecule has 0 saturated carbocycles. The number of rotatable bonds is 5. The van der Waals surface area contributed by atoms with Crippen LogP contribution in [0.25, 0.3) is 5.69 Å². The molecule has 0 saturated heterocycles. The highest BCUT2D eigenvalue weighted by atomic mass is 32.2. The number of nitrogens with zero attached hydrogens (tertiary/aromatic N) is 5. The molecule has 136 valence electrons. The van der Waals surface area contributed by atoms with Crippen LogP contribution >= 0.6 is 11.8 Å². The molecule has 0 bridgehead atoms. The predicted molar refractivity (Wildman–Crippen MR) is 101 cm³/mol. The maximum absolute atomic E-state index is 12.6. The van der Waals surface area contributed by atoms with E-state index in [4.69, 9.17) is 0 Å². The number of nitro groups is 1. The maximum Gasteiger partial charge on any atom is 0.269 e. The lowest BCUT2D eigenvalue weighted by atomic mass is 10.1. The van der Waals surface area contributed by atoms with Gasteiger partial charge in [-0.25, -0.2) is 9.67 Å². The van der Waals surface area contributed by atoms with Crippen molar-refractivity contribution in [3.63, 3.8) is 0 Å². The Labute approximate surface area is 159 Å². The van der Waals surface area contributed by atoms with Gasteiger partial charge in [0.2, 0.25) is 11.1 Å². The molecule has 0 aliphatic carbocycles. The Hall–Kier alpha value is -3.20. The summed E-state index contributed by atoms with van der Waals surface area (Å²) in [4.78, 5) is 29.0. The van der Waals surface area contributed by atoms with Crippen molar-refractivity contribution in [1.82, 2.24) is 14.8 Å². The largest absolute Gasteiger partial charge is 0.311 e. The number of hydrogen-bond acceptors (Lipinski definition) is 6. The lowest BCUT2D eigenvalue weighted by Gasteiger charge is -2.16. The number of nitro benzene ring substituents is 1. The molecule has 2 aromatic carbocycles. The molecule has 0 unspecified atom stereocenters. The van der Waals surface area contributed by atoms with Crippen molar-refractivity contribution in [3.05, 3.63) is 70.5 Å². The maximum atomic E-state index is 12.6. The predicted octanol–water partition coefficient (Wildman–Crippen LogP) is 2.86. The molecular formula is C18H15N5O3S. The summed E-state index contributed by atoms with van der Waals surface area (Å²) in [6, 6.07) is 14.2. The number of aromatic nitrogens is 3. The van der Waals surface area contributed by atoms with Crippen LogP contribution < -0.4 is 4.90 Å². The summed E-state index contributed by atoms with van der Waals surface area (Å²) in [5, 5.41) is 15.8. The van der Waals surface area contributed by atoms with E-state index < -0.39 is 4.92 Å². The molecule has 1 aliphatic rings. The van der Waals surface area contributed by atoms with Crippen molar-refractivity contribution in [2.24, 2.45) is 0 Å². The van der Waals surface area contributed by atoms with Gasteiger partial charge in [-0.15, -0.1) is 5.10 Å². The van der Waals surface area contributed by atoms with Crippen molar-refractivity contribution in [3.8, 4) is 5.69 Å². The van der Waals surface area contributed by atoms with Crippen LogP contribution in [0.1, 0.15) is 5.56 Å². The molecule has 0 spiro atoms. The molecule has 3 aromatic rings. The normalized spacial score (nSPS) is 12.8. The van der Waals surface area contributed by atoms with E-state index in [1.807, 2.05) is 30.3 Å². The minimum Gasteiger partial charge on any atom is -0.311 e. The van der Waals surface area contributed by atoms with Gasteiger partial charge in [0.1, 0.15) is 6.33 Å². The Kier molecular flexibility index (Phi) is 4.59. The molecule has 1 aromatic heterocycles. The fraction of sp³-hybridized carbons (Fsp3) is 0.167. The fourth-order valence-electron chi connectivity index (χ4n) is 2.98. The second-order valence-corrected chi connectivity index (χ2v) is 6.90. The van der Waals surface area contributed by atoms with Crippen LogP contribution in [-0.2, 0) is 11.2 Å².